The van der Waals surface area contributed by atoms with Gasteiger partial charge in [-0.15, -0.1) is 0 Å². The van der Waals surface area contributed by atoms with Crippen LogP contribution < -0.4 is 5.32 Å². The first kappa shape index (κ1) is 12.5. The van der Waals surface area contributed by atoms with Crippen LogP contribution in [0.3, 0.4) is 0 Å². The first-order valence-corrected chi connectivity index (χ1v) is 7.88. The van der Waals surface area contributed by atoms with Crippen LogP contribution in [0.2, 0.25) is 0 Å². The van der Waals surface area contributed by atoms with Gasteiger partial charge in [0.15, 0.2) is 0 Å². The van der Waals surface area contributed by atoms with Crippen molar-refractivity contribution in [2.24, 2.45) is 0 Å². The van der Waals surface area contributed by atoms with Gasteiger partial charge in [0.05, 0.1) is 0 Å². The quantitative estimate of drug-likeness (QED) is 0.707. The Labute approximate surface area is 129 Å². The second kappa shape index (κ2) is 5.21. The van der Waals surface area contributed by atoms with E-state index in [2.05, 4.69) is 86.3 Å². The summed E-state index contributed by atoms with van der Waals surface area (Å²) >= 11 is 5.95. The van der Waals surface area contributed by atoms with Crippen molar-refractivity contribution in [3.05, 3.63) is 61.6 Å². The van der Waals surface area contributed by atoms with E-state index in [1.165, 1.54) is 20.4 Å². The topological polar surface area (TPSA) is 12.0 Å². The lowest BCUT2D eigenvalue weighted by Crippen LogP contribution is -2.19. The maximum atomic E-state index is 3.65. The highest BCUT2D eigenvalue weighted by atomic mass is 127. The second-order valence-electron chi connectivity index (χ2n) is 4.64. The molecule has 18 heavy (non-hydrogen) atoms. The molecule has 1 nitrogen and oxygen atoms in total. The van der Waals surface area contributed by atoms with Crippen molar-refractivity contribution < 1.29 is 0 Å². The van der Waals surface area contributed by atoms with Crippen molar-refractivity contribution in [2.45, 2.75) is 18.9 Å². The second-order valence-corrected chi connectivity index (χ2v) is 6.74. The van der Waals surface area contributed by atoms with Gasteiger partial charge in [0.25, 0.3) is 0 Å². The van der Waals surface area contributed by atoms with E-state index in [1.807, 2.05) is 0 Å². The molecule has 0 atom stereocenters. The maximum Gasteiger partial charge on any atom is 0.0497 e. The molecule has 1 N–H and O–H groups in total. The molecule has 0 spiro atoms. The summed E-state index contributed by atoms with van der Waals surface area (Å²) in [5.41, 5.74) is 4.16. The number of hydrogen-bond acceptors (Lipinski definition) is 1. The zero-order chi connectivity index (χ0) is 12.5. The van der Waals surface area contributed by atoms with Crippen LogP contribution >= 0.6 is 38.5 Å². The molecule has 0 fully saturated rings. The van der Waals surface area contributed by atoms with E-state index in [0.29, 0.717) is 6.04 Å². The predicted molar refractivity (Wildman–Crippen MR) is 88.1 cm³/mol. The minimum atomic E-state index is 0.511. The number of hydrogen-bond donors (Lipinski definition) is 1. The Kier molecular flexibility index (Phi) is 3.61. The van der Waals surface area contributed by atoms with E-state index in [4.69, 9.17) is 0 Å². The van der Waals surface area contributed by atoms with Crippen LogP contribution in [0.5, 0.6) is 0 Å². The highest BCUT2D eigenvalue weighted by Gasteiger charge is 2.21. The Morgan fingerprint density at radius 3 is 2.39 bits per heavy atom. The molecule has 0 saturated heterocycles. The van der Waals surface area contributed by atoms with Gasteiger partial charge in [0.2, 0.25) is 0 Å². The molecule has 0 amide bonds. The molecule has 1 aliphatic carbocycles. The van der Waals surface area contributed by atoms with E-state index < -0.39 is 0 Å². The van der Waals surface area contributed by atoms with Crippen LogP contribution in [0.4, 0.5) is 5.69 Å². The molecule has 0 aromatic heterocycles. The third-order valence-corrected chi connectivity index (χ3v) is 4.70. The molecule has 3 heteroatoms. The molecule has 1 aliphatic rings. The molecule has 0 bridgehead atoms. The molecule has 0 unspecified atom stereocenters. The number of rotatable bonds is 2. The summed E-state index contributed by atoms with van der Waals surface area (Å²) in [7, 11) is 0. The highest BCUT2D eigenvalue weighted by molar-refractivity contribution is 14.1. The fraction of sp³-hybridized carbons (Fsp3) is 0.200. The fourth-order valence-electron chi connectivity index (χ4n) is 2.49. The van der Waals surface area contributed by atoms with E-state index in [-0.39, 0.29) is 0 Å². The molecule has 0 radical (unpaired) electrons. The third-order valence-electron chi connectivity index (χ3n) is 3.34. The van der Waals surface area contributed by atoms with Crippen molar-refractivity contribution in [2.75, 3.05) is 5.32 Å². The fourth-order valence-corrected chi connectivity index (χ4v) is 3.34. The van der Waals surface area contributed by atoms with Gasteiger partial charge < -0.3 is 5.32 Å². The normalized spacial score (nSPS) is 14.6. The van der Waals surface area contributed by atoms with E-state index in [1.54, 1.807) is 0 Å². The minimum Gasteiger partial charge on any atom is -0.381 e. The predicted octanol–water partition coefficient (Wildman–Crippen LogP) is 4.63. The summed E-state index contributed by atoms with van der Waals surface area (Å²) in [6.45, 7) is 0. The van der Waals surface area contributed by atoms with Crippen molar-refractivity contribution in [3.8, 4) is 0 Å². The maximum absolute atomic E-state index is 3.65. The number of fused-ring (bicyclic) bond motifs is 1. The van der Waals surface area contributed by atoms with Gasteiger partial charge in [-0.2, -0.15) is 0 Å². The van der Waals surface area contributed by atoms with Crippen LogP contribution in [0.15, 0.2) is 46.9 Å². The lowest BCUT2D eigenvalue weighted by atomic mass is 10.1. The molecule has 0 saturated carbocycles. The molecule has 0 aliphatic heterocycles. The van der Waals surface area contributed by atoms with Crippen LogP contribution in [-0.4, -0.2) is 6.04 Å². The van der Waals surface area contributed by atoms with Gasteiger partial charge in [-0.05, 0) is 80.7 Å². The lowest BCUT2D eigenvalue weighted by Gasteiger charge is -2.15. The third kappa shape index (κ3) is 2.57. The molecule has 0 heterocycles. The summed E-state index contributed by atoms with van der Waals surface area (Å²) < 4.78 is 2.40. The van der Waals surface area contributed by atoms with Crippen LogP contribution in [0.1, 0.15) is 11.1 Å². The number of nitrogens with one attached hydrogen (secondary N) is 1. The Morgan fingerprint density at radius 1 is 1.06 bits per heavy atom. The summed E-state index contributed by atoms with van der Waals surface area (Å²) in [5, 5.41) is 3.65. The monoisotopic (exact) mass is 413 g/mol. The zero-order valence-electron chi connectivity index (χ0n) is 9.79. The minimum absolute atomic E-state index is 0.511. The van der Waals surface area contributed by atoms with Crippen LogP contribution in [-0.2, 0) is 12.8 Å². The van der Waals surface area contributed by atoms with E-state index >= 15 is 0 Å². The van der Waals surface area contributed by atoms with E-state index in [0.717, 1.165) is 17.3 Å². The van der Waals surface area contributed by atoms with Gasteiger partial charge in [-0.3, -0.25) is 0 Å². The lowest BCUT2D eigenvalue weighted by molar-refractivity contribution is 0.773. The molecule has 3 rings (SSSR count). The average Bonchev–Trinajstić information content (AvgIpc) is 2.76. The Hall–Kier alpha value is -0.550. The van der Waals surface area contributed by atoms with Crippen LogP contribution in [0, 0.1) is 3.57 Å². The summed E-state index contributed by atoms with van der Waals surface area (Å²) in [6.07, 6.45) is 2.24. The van der Waals surface area contributed by atoms with Crippen molar-refractivity contribution >= 4 is 44.2 Å². The van der Waals surface area contributed by atoms with Gasteiger partial charge >= 0.3 is 0 Å². The van der Waals surface area contributed by atoms with Gasteiger partial charge in [-0.1, -0.05) is 24.3 Å². The van der Waals surface area contributed by atoms with Gasteiger partial charge in [0, 0.05) is 19.8 Å². The van der Waals surface area contributed by atoms with E-state index in [9.17, 15) is 0 Å². The SMILES string of the molecule is Brc1ccc(I)cc1NC1Cc2ccccc2C1. The summed E-state index contributed by atoms with van der Waals surface area (Å²) in [4.78, 5) is 0. The first-order valence-electron chi connectivity index (χ1n) is 6.01. The highest BCUT2D eigenvalue weighted by Crippen LogP contribution is 2.29. The van der Waals surface area contributed by atoms with Crippen molar-refractivity contribution in [3.63, 3.8) is 0 Å². The molecular formula is C15H13BrIN. The number of benzene rings is 2. The Balaban J connectivity index is 1.78. The molecule has 2 aromatic carbocycles. The molecule has 92 valence electrons. The smallest absolute Gasteiger partial charge is 0.0497 e. The number of anilines is 1. The Bertz CT molecular complexity index is 557. The van der Waals surface area contributed by atoms with Gasteiger partial charge in [-0.25, -0.2) is 0 Å². The summed E-state index contributed by atoms with van der Waals surface area (Å²) in [6, 6.07) is 15.6. The van der Waals surface area contributed by atoms with Crippen molar-refractivity contribution in [1.29, 1.82) is 0 Å². The first-order chi connectivity index (χ1) is 8.72. The molecular weight excluding hydrogens is 401 g/mol. The summed E-state index contributed by atoms with van der Waals surface area (Å²) in [5.74, 6) is 0. The average molecular weight is 414 g/mol. The van der Waals surface area contributed by atoms with Gasteiger partial charge in [0.1, 0.15) is 0 Å². The standard InChI is InChI=1S/C15H13BrIN/c16-14-6-5-12(17)9-15(14)18-13-7-10-3-1-2-4-11(10)8-13/h1-6,9,13,18H,7-8H2. The zero-order valence-corrected chi connectivity index (χ0v) is 13.5. The van der Waals surface area contributed by atoms with Crippen molar-refractivity contribution in [1.82, 2.24) is 0 Å². The Morgan fingerprint density at radius 2 is 1.72 bits per heavy atom. The molecule has 2 aromatic rings. The largest absolute Gasteiger partial charge is 0.381 e. The van der Waals surface area contributed by atoms with Crippen LogP contribution in [0.25, 0.3) is 0 Å². The number of halogens is 2.